The molecule has 3 aromatic rings. The summed E-state index contributed by atoms with van der Waals surface area (Å²) in [6.45, 7) is 1.54. The van der Waals surface area contributed by atoms with Crippen molar-refractivity contribution in [3.63, 3.8) is 0 Å². The first-order valence-electron chi connectivity index (χ1n) is 10.3. The monoisotopic (exact) mass is 461 g/mol. The fourth-order valence-electron chi connectivity index (χ4n) is 3.88. The second-order valence-corrected chi connectivity index (χ2v) is 7.81. The number of carbonyl (C=O) groups excluding carboxylic acids is 1. The molecule has 0 spiro atoms. The number of nitrogens with one attached hydrogen (secondary N) is 1. The number of ether oxygens (including phenoxy) is 2. The Morgan fingerprint density at radius 1 is 1.15 bits per heavy atom. The van der Waals surface area contributed by atoms with Crippen LogP contribution in [0.2, 0.25) is 0 Å². The van der Waals surface area contributed by atoms with Gasteiger partial charge in [0.1, 0.15) is 5.75 Å². The molecule has 1 fully saturated rings. The van der Waals surface area contributed by atoms with E-state index in [1.54, 1.807) is 19.2 Å². The van der Waals surface area contributed by atoms with Gasteiger partial charge < -0.3 is 19.3 Å². The lowest BCUT2D eigenvalue weighted by Gasteiger charge is -2.38. The molecule has 0 aliphatic carbocycles. The molecule has 174 valence electrons. The number of aromatic nitrogens is 2. The normalized spacial score (nSPS) is 15.8. The molecule has 4 rings (SSSR count). The standard InChI is InChI=1S/C23H22F3N3O4/c1-31-18-7-5-17(6-8-18)22(9-11-32-12-10-22)14-27-20(30)16-4-2-3-15(13-16)19-28-21(33-29-19)23(24,25)26/h2-8,13H,9-12,14H2,1H3,(H,27,30). The van der Waals surface area contributed by atoms with E-state index in [2.05, 4.69) is 20.0 Å². The van der Waals surface area contributed by atoms with Crippen molar-refractivity contribution in [2.75, 3.05) is 26.9 Å². The summed E-state index contributed by atoms with van der Waals surface area (Å²) in [5.74, 6) is -1.28. The van der Waals surface area contributed by atoms with E-state index in [-0.39, 0.29) is 28.3 Å². The molecule has 2 aromatic carbocycles. The summed E-state index contributed by atoms with van der Waals surface area (Å²) in [6, 6.07) is 13.8. The number of hydrogen-bond donors (Lipinski definition) is 1. The van der Waals surface area contributed by atoms with Crippen molar-refractivity contribution in [2.24, 2.45) is 0 Å². The number of hydrogen-bond acceptors (Lipinski definition) is 6. The maximum atomic E-state index is 12.9. The molecule has 10 heteroatoms. The number of carbonyl (C=O) groups is 1. The summed E-state index contributed by atoms with van der Waals surface area (Å²) in [5, 5.41) is 6.35. The summed E-state index contributed by atoms with van der Waals surface area (Å²) in [5.41, 5.74) is 1.31. The smallest absolute Gasteiger partial charge is 0.471 e. The highest BCUT2D eigenvalue weighted by atomic mass is 19.4. The van der Waals surface area contributed by atoms with Crippen molar-refractivity contribution in [2.45, 2.75) is 24.4 Å². The van der Waals surface area contributed by atoms with Gasteiger partial charge in [-0.1, -0.05) is 29.4 Å². The van der Waals surface area contributed by atoms with E-state index in [1.807, 2.05) is 24.3 Å². The van der Waals surface area contributed by atoms with Crippen molar-refractivity contribution >= 4 is 5.91 Å². The van der Waals surface area contributed by atoms with Crippen molar-refractivity contribution < 1.29 is 32.0 Å². The first-order chi connectivity index (χ1) is 15.8. The van der Waals surface area contributed by atoms with Crippen LogP contribution in [0.15, 0.2) is 53.1 Å². The van der Waals surface area contributed by atoms with E-state index in [1.165, 1.54) is 12.1 Å². The zero-order chi connectivity index (χ0) is 23.5. The first-order valence-corrected chi connectivity index (χ1v) is 10.3. The minimum absolute atomic E-state index is 0.240. The predicted molar refractivity (Wildman–Crippen MR) is 112 cm³/mol. The quantitative estimate of drug-likeness (QED) is 0.591. The average Bonchev–Trinajstić information content (AvgIpc) is 3.35. The van der Waals surface area contributed by atoms with Crippen LogP contribution in [0.25, 0.3) is 11.4 Å². The molecular formula is C23H22F3N3O4. The van der Waals surface area contributed by atoms with Gasteiger partial charge in [0.25, 0.3) is 5.91 Å². The topological polar surface area (TPSA) is 86.5 Å². The van der Waals surface area contributed by atoms with Crippen LogP contribution in [0.4, 0.5) is 13.2 Å². The molecule has 2 heterocycles. The van der Waals surface area contributed by atoms with Gasteiger partial charge in [0.2, 0.25) is 5.82 Å². The molecule has 0 bridgehead atoms. The number of benzene rings is 2. The summed E-state index contributed by atoms with van der Waals surface area (Å²) in [7, 11) is 1.60. The Bertz CT molecular complexity index is 1110. The van der Waals surface area contributed by atoms with E-state index < -0.39 is 12.1 Å². The Morgan fingerprint density at radius 3 is 2.52 bits per heavy atom. The highest BCUT2D eigenvalue weighted by Crippen LogP contribution is 2.35. The van der Waals surface area contributed by atoms with Gasteiger partial charge in [0.15, 0.2) is 0 Å². The SMILES string of the molecule is COc1ccc(C2(CNC(=O)c3cccc(-c4noc(C(F)(F)F)n4)c3)CCOCC2)cc1. The zero-order valence-electron chi connectivity index (χ0n) is 17.8. The minimum Gasteiger partial charge on any atom is -0.497 e. The van der Waals surface area contributed by atoms with Crippen molar-refractivity contribution in [1.29, 1.82) is 0 Å². The third kappa shape index (κ3) is 5.00. The van der Waals surface area contributed by atoms with Crippen LogP contribution in [0.3, 0.4) is 0 Å². The molecule has 33 heavy (non-hydrogen) atoms. The third-order valence-electron chi connectivity index (χ3n) is 5.79. The van der Waals surface area contributed by atoms with Gasteiger partial charge in [0, 0.05) is 36.3 Å². The minimum atomic E-state index is -4.74. The molecule has 1 N–H and O–H groups in total. The number of nitrogens with zero attached hydrogens (tertiary/aromatic N) is 2. The molecule has 0 unspecified atom stereocenters. The summed E-state index contributed by atoms with van der Waals surface area (Å²) >= 11 is 0. The highest BCUT2D eigenvalue weighted by molar-refractivity contribution is 5.95. The Morgan fingerprint density at radius 2 is 1.88 bits per heavy atom. The van der Waals surface area contributed by atoms with Gasteiger partial charge in [-0.05, 0) is 42.7 Å². The van der Waals surface area contributed by atoms with Crippen LogP contribution in [0, 0.1) is 0 Å². The second kappa shape index (κ2) is 9.22. The fraction of sp³-hybridized carbons (Fsp3) is 0.348. The molecule has 1 aliphatic rings. The number of halogens is 3. The van der Waals surface area contributed by atoms with Crippen LogP contribution in [0.5, 0.6) is 5.75 Å². The van der Waals surface area contributed by atoms with Crippen molar-refractivity contribution in [3.8, 4) is 17.1 Å². The van der Waals surface area contributed by atoms with Gasteiger partial charge in [-0.25, -0.2) is 0 Å². The molecule has 0 saturated carbocycles. The molecule has 1 aliphatic heterocycles. The molecule has 7 nitrogen and oxygen atoms in total. The number of methoxy groups -OCH3 is 1. The Kier molecular flexibility index (Phi) is 6.37. The molecular weight excluding hydrogens is 439 g/mol. The second-order valence-electron chi connectivity index (χ2n) is 7.81. The first kappa shape index (κ1) is 22.8. The molecule has 1 saturated heterocycles. The van der Waals surface area contributed by atoms with Crippen LogP contribution in [-0.2, 0) is 16.3 Å². The maximum absolute atomic E-state index is 12.9. The Balaban J connectivity index is 1.51. The fourth-order valence-corrected chi connectivity index (χ4v) is 3.88. The van der Waals surface area contributed by atoms with Gasteiger partial charge in [-0.15, -0.1) is 0 Å². The van der Waals surface area contributed by atoms with E-state index in [0.717, 1.165) is 24.2 Å². The number of alkyl halides is 3. The van der Waals surface area contributed by atoms with Crippen molar-refractivity contribution in [1.82, 2.24) is 15.5 Å². The van der Waals surface area contributed by atoms with Crippen molar-refractivity contribution in [3.05, 3.63) is 65.5 Å². The molecule has 1 aromatic heterocycles. The highest BCUT2D eigenvalue weighted by Gasteiger charge is 2.38. The molecule has 0 atom stereocenters. The predicted octanol–water partition coefficient (Wildman–Crippen LogP) is 4.24. The Labute approximate surface area is 187 Å². The van der Waals surface area contributed by atoms with Crippen LogP contribution in [0.1, 0.15) is 34.7 Å². The lowest BCUT2D eigenvalue weighted by atomic mass is 9.74. The van der Waals surface area contributed by atoms with Gasteiger partial charge in [-0.2, -0.15) is 18.2 Å². The van der Waals surface area contributed by atoms with E-state index in [9.17, 15) is 18.0 Å². The summed E-state index contributed by atoms with van der Waals surface area (Å²) in [6.07, 6.45) is -3.26. The van der Waals surface area contributed by atoms with E-state index in [4.69, 9.17) is 9.47 Å². The summed E-state index contributed by atoms with van der Waals surface area (Å²) < 4.78 is 53.3. The molecule has 1 amide bonds. The lowest BCUT2D eigenvalue weighted by Crippen LogP contribution is -2.44. The average molecular weight is 461 g/mol. The van der Waals surface area contributed by atoms with Gasteiger partial charge in [-0.3, -0.25) is 4.79 Å². The Hall–Kier alpha value is -3.40. The molecule has 0 radical (unpaired) electrons. The van der Waals surface area contributed by atoms with Crippen LogP contribution >= 0.6 is 0 Å². The maximum Gasteiger partial charge on any atom is 0.471 e. The van der Waals surface area contributed by atoms with Crippen LogP contribution < -0.4 is 10.1 Å². The van der Waals surface area contributed by atoms with E-state index in [0.29, 0.717) is 19.8 Å². The zero-order valence-corrected chi connectivity index (χ0v) is 17.8. The third-order valence-corrected chi connectivity index (χ3v) is 5.79. The summed E-state index contributed by atoms with van der Waals surface area (Å²) in [4.78, 5) is 16.3. The largest absolute Gasteiger partial charge is 0.497 e. The van der Waals surface area contributed by atoms with E-state index >= 15 is 0 Å². The lowest BCUT2D eigenvalue weighted by molar-refractivity contribution is -0.159. The van der Waals surface area contributed by atoms with Gasteiger partial charge >= 0.3 is 12.1 Å². The van der Waals surface area contributed by atoms with Crippen LogP contribution in [-0.4, -0.2) is 42.9 Å². The number of amides is 1. The number of rotatable bonds is 6. The van der Waals surface area contributed by atoms with Gasteiger partial charge in [0.05, 0.1) is 7.11 Å².